The number of hydrogen-bond donors (Lipinski definition) is 1. The Kier molecular flexibility index (Phi) is 3.87. The molecule has 4 heterocycles. The lowest BCUT2D eigenvalue weighted by Gasteiger charge is -2.10. The summed E-state index contributed by atoms with van der Waals surface area (Å²) in [6.07, 6.45) is 4.99. The number of hydrogen-bond acceptors (Lipinski definition) is 7. The van der Waals surface area contributed by atoms with Gasteiger partial charge in [0.15, 0.2) is 10.9 Å². The monoisotopic (exact) mass is 394 g/mol. The van der Waals surface area contributed by atoms with E-state index in [1.54, 1.807) is 23.7 Å². The molecule has 4 aromatic rings. The van der Waals surface area contributed by atoms with E-state index in [0.717, 1.165) is 29.0 Å². The number of thiophene rings is 1. The summed E-state index contributed by atoms with van der Waals surface area (Å²) in [6.45, 7) is 0. The second-order valence-electron chi connectivity index (χ2n) is 6.37. The molecule has 0 saturated heterocycles. The molecule has 0 atom stereocenters. The molecular weight excluding hydrogens is 380 g/mol. The molecule has 1 N–H and O–H groups in total. The van der Waals surface area contributed by atoms with Crippen LogP contribution in [0.2, 0.25) is 0 Å². The van der Waals surface area contributed by atoms with E-state index in [2.05, 4.69) is 20.4 Å². The van der Waals surface area contributed by atoms with E-state index in [-0.39, 0.29) is 5.91 Å². The maximum Gasteiger partial charge on any atom is 0.238 e. The van der Waals surface area contributed by atoms with Crippen LogP contribution in [0.3, 0.4) is 0 Å². The van der Waals surface area contributed by atoms with Crippen LogP contribution < -0.4 is 5.32 Å². The van der Waals surface area contributed by atoms with Crippen LogP contribution in [0.4, 0.5) is 5.13 Å². The van der Waals surface area contributed by atoms with E-state index in [1.165, 1.54) is 11.3 Å². The van der Waals surface area contributed by atoms with Gasteiger partial charge in [-0.2, -0.15) is 0 Å². The molecular formula is C19H14N4O2S2. The molecule has 134 valence electrons. The number of pyridine rings is 1. The van der Waals surface area contributed by atoms with Gasteiger partial charge in [-0.25, -0.2) is 4.98 Å². The van der Waals surface area contributed by atoms with E-state index >= 15 is 0 Å². The molecule has 6 nitrogen and oxygen atoms in total. The van der Waals surface area contributed by atoms with Gasteiger partial charge in [0.1, 0.15) is 0 Å². The van der Waals surface area contributed by atoms with E-state index in [1.807, 2.05) is 41.1 Å². The molecule has 27 heavy (non-hydrogen) atoms. The number of carbonyl (C=O) groups is 1. The van der Waals surface area contributed by atoms with Crippen LogP contribution in [0, 0.1) is 0 Å². The lowest BCUT2D eigenvalue weighted by atomic mass is 10.0. The fourth-order valence-electron chi connectivity index (χ4n) is 2.95. The highest BCUT2D eigenvalue weighted by Gasteiger charge is 2.54. The third-order valence-electron chi connectivity index (χ3n) is 4.63. The third-order valence-corrected chi connectivity index (χ3v) is 6.27. The summed E-state index contributed by atoms with van der Waals surface area (Å²) < 4.78 is 5.46. The first-order valence-electron chi connectivity index (χ1n) is 8.43. The SMILES string of the molecule is O=C(Nc1nc(-c2cccnc2)cs1)C1(c2cc(-c3cccs3)on2)CC1. The molecule has 1 aliphatic rings. The molecule has 1 aliphatic carbocycles. The van der Waals surface area contributed by atoms with Gasteiger partial charge >= 0.3 is 0 Å². The van der Waals surface area contributed by atoms with Gasteiger partial charge in [0.25, 0.3) is 0 Å². The lowest BCUT2D eigenvalue weighted by molar-refractivity contribution is -0.118. The molecule has 0 aliphatic heterocycles. The number of aromatic nitrogens is 3. The van der Waals surface area contributed by atoms with Crippen molar-refractivity contribution in [2.45, 2.75) is 18.3 Å². The van der Waals surface area contributed by atoms with Crippen molar-refractivity contribution in [3.8, 4) is 21.9 Å². The van der Waals surface area contributed by atoms with Crippen LogP contribution in [0.15, 0.2) is 58.0 Å². The largest absolute Gasteiger partial charge is 0.355 e. The molecule has 0 unspecified atom stereocenters. The quantitative estimate of drug-likeness (QED) is 0.535. The van der Waals surface area contributed by atoms with Crippen LogP contribution >= 0.6 is 22.7 Å². The van der Waals surface area contributed by atoms with Crippen LogP contribution in [0.5, 0.6) is 0 Å². The summed E-state index contributed by atoms with van der Waals surface area (Å²) in [4.78, 5) is 22.5. The number of amides is 1. The second kappa shape index (κ2) is 6.40. The van der Waals surface area contributed by atoms with Crippen LogP contribution in [0.25, 0.3) is 21.9 Å². The highest BCUT2D eigenvalue weighted by molar-refractivity contribution is 7.14. The molecule has 5 rings (SSSR count). The zero-order valence-electron chi connectivity index (χ0n) is 14.1. The molecule has 0 aromatic carbocycles. The summed E-state index contributed by atoms with van der Waals surface area (Å²) in [7, 11) is 0. The van der Waals surface area contributed by atoms with Gasteiger partial charge in [0.2, 0.25) is 5.91 Å². The van der Waals surface area contributed by atoms with Gasteiger partial charge in [0, 0.05) is 29.4 Å². The second-order valence-corrected chi connectivity index (χ2v) is 8.18. The minimum absolute atomic E-state index is 0.0828. The Morgan fingerprint density at radius 2 is 2.15 bits per heavy atom. The van der Waals surface area contributed by atoms with E-state index < -0.39 is 5.41 Å². The summed E-state index contributed by atoms with van der Waals surface area (Å²) >= 11 is 2.99. The van der Waals surface area contributed by atoms with Gasteiger partial charge < -0.3 is 9.84 Å². The number of thiazole rings is 1. The molecule has 8 heteroatoms. The smallest absolute Gasteiger partial charge is 0.238 e. The van der Waals surface area contributed by atoms with Crippen LogP contribution in [-0.4, -0.2) is 21.0 Å². The first-order valence-corrected chi connectivity index (χ1v) is 10.2. The van der Waals surface area contributed by atoms with Gasteiger partial charge in [-0.15, -0.1) is 22.7 Å². The highest BCUT2D eigenvalue weighted by atomic mass is 32.1. The van der Waals surface area contributed by atoms with E-state index in [0.29, 0.717) is 16.6 Å². The molecule has 0 bridgehead atoms. The number of nitrogens with zero attached hydrogens (tertiary/aromatic N) is 3. The molecule has 1 amide bonds. The zero-order chi connectivity index (χ0) is 18.3. The summed E-state index contributed by atoms with van der Waals surface area (Å²) in [5.74, 6) is 0.618. The Hall–Kier alpha value is -2.84. The standard InChI is InChI=1S/C19H14N4O2S2/c24-17(22-18-21-13(11-27-18)12-3-1-7-20-10-12)19(5-6-19)16-9-14(25-23-16)15-4-2-8-26-15/h1-4,7-11H,5-6H2,(H,21,22,24). The summed E-state index contributed by atoms with van der Waals surface area (Å²) in [5.41, 5.74) is 1.80. The predicted molar refractivity (Wildman–Crippen MR) is 105 cm³/mol. The van der Waals surface area contributed by atoms with Crippen molar-refractivity contribution in [2.24, 2.45) is 0 Å². The molecule has 4 aromatic heterocycles. The Labute approximate surface area is 162 Å². The molecule has 1 saturated carbocycles. The Bertz CT molecular complexity index is 1080. The minimum atomic E-state index is -0.612. The Balaban J connectivity index is 1.35. The maximum atomic E-state index is 12.9. The molecule has 0 spiro atoms. The van der Waals surface area contributed by atoms with Crippen molar-refractivity contribution in [3.63, 3.8) is 0 Å². The fourth-order valence-corrected chi connectivity index (χ4v) is 4.34. The Morgan fingerprint density at radius 1 is 1.22 bits per heavy atom. The maximum absolute atomic E-state index is 12.9. The van der Waals surface area contributed by atoms with Crippen LogP contribution in [-0.2, 0) is 10.2 Å². The van der Waals surface area contributed by atoms with Gasteiger partial charge in [-0.3, -0.25) is 9.78 Å². The fraction of sp³-hybridized carbons (Fsp3) is 0.158. The lowest BCUT2D eigenvalue weighted by Crippen LogP contribution is -2.28. The van der Waals surface area contributed by atoms with Crippen molar-refractivity contribution in [3.05, 3.63) is 59.2 Å². The number of carbonyl (C=O) groups excluding carboxylic acids is 1. The number of nitrogens with one attached hydrogen (secondary N) is 1. The Morgan fingerprint density at radius 3 is 2.89 bits per heavy atom. The molecule has 1 fully saturated rings. The van der Waals surface area contributed by atoms with Gasteiger partial charge in [-0.05, 0) is 36.4 Å². The predicted octanol–water partition coefficient (Wildman–Crippen LogP) is 4.59. The first kappa shape index (κ1) is 16.3. The van der Waals surface area contributed by atoms with Crippen molar-refractivity contribution < 1.29 is 9.32 Å². The third kappa shape index (κ3) is 2.96. The van der Waals surface area contributed by atoms with E-state index in [4.69, 9.17) is 4.52 Å². The van der Waals surface area contributed by atoms with Crippen LogP contribution in [0.1, 0.15) is 18.5 Å². The van der Waals surface area contributed by atoms with Gasteiger partial charge in [-0.1, -0.05) is 11.2 Å². The zero-order valence-corrected chi connectivity index (χ0v) is 15.7. The van der Waals surface area contributed by atoms with Crippen molar-refractivity contribution in [2.75, 3.05) is 5.32 Å². The average molecular weight is 394 g/mol. The molecule has 0 radical (unpaired) electrons. The normalized spacial score (nSPS) is 14.8. The topological polar surface area (TPSA) is 80.9 Å². The summed E-state index contributed by atoms with van der Waals surface area (Å²) in [6, 6.07) is 9.62. The first-order chi connectivity index (χ1) is 13.2. The number of rotatable bonds is 5. The number of anilines is 1. The average Bonchev–Trinajstić information content (AvgIpc) is 3.13. The van der Waals surface area contributed by atoms with Crippen molar-refractivity contribution in [1.29, 1.82) is 0 Å². The van der Waals surface area contributed by atoms with Crippen molar-refractivity contribution >= 4 is 33.7 Å². The van der Waals surface area contributed by atoms with Crippen molar-refractivity contribution in [1.82, 2.24) is 15.1 Å². The summed E-state index contributed by atoms with van der Waals surface area (Å²) in [5, 5.41) is 11.6. The minimum Gasteiger partial charge on any atom is -0.355 e. The van der Waals surface area contributed by atoms with Gasteiger partial charge in [0.05, 0.1) is 21.7 Å². The van der Waals surface area contributed by atoms with E-state index in [9.17, 15) is 4.79 Å². The highest BCUT2D eigenvalue weighted by Crippen LogP contribution is 2.49.